The molecule has 0 aliphatic carbocycles. The van der Waals surface area contributed by atoms with E-state index in [1.165, 1.54) is 4.90 Å². The SMILES string of the molecule is Cc1cc(C)c(N2CCC(NC(=O)N3CCC(C)(C(=O)O)C3)C2=O)c(C)c1. The zero-order valence-corrected chi connectivity index (χ0v) is 16.3. The topological polar surface area (TPSA) is 90.0 Å². The van der Waals surface area contributed by atoms with E-state index in [0.29, 0.717) is 25.9 Å². The minimum atomic E-state index is -0.917. The number of amides is 3. The number of urea groups is 1. The molecular weight excluding hydrogens is 346 g/mol. The predicted molar refractivity (Wildman–Crippen MR) is 102 cm³/mol. The van der Waals surface area contributed by atoms with Crippen LogP contribution in [0.1, 0.15) is 36.5 Å². The predicted octanol–water partition coefficient (Wildman–Crippen LogP) is 2.22. The number of nitrogens with zero attached hydrogens (tertiary/aromatic N) is 2. The molecular formula is C20H27N3O4. The molecule has 2 saturated heterocycles. The third-order valence-corrected chi connectivity index (χ3v) is 5.69. The van der Waals surface area contributed by atoms with Gasteiger partial charge in [-0.25, -0.2) is 4.79 Å². The Morgan fingerprint density at radius 1 is 1.19 bits per heavy atom. The maximum atomic E-state index is 12.9. The number of likely N-dealkylation sites (tertiary alicyclic amines) is 1. The number of carboxylic acid groups (broad SMARTS) is 1. The van der Waals surface area contributed by atoms with Crippen molar-refractivity contribution in [3.8, 4) is 0 Å². The summed E-state index contributed by atoms with van der Waals surface area (Å²) >= 11 is 0. The van der Waals surface area contributed by atoms with E-state index in [-0.39, 0.29) is 18.5 Å². The number of carboxylic acids is 1. The van der Waals surface area contributed by atoms with Crippen molar-refractivity contribution in [2.45, 2.75) is 46.6 Å². The van der Waals surface area contributed by atoms with E-state index in [9.17, 15) is 19.5 Å². The molecule has 2 fully saturated rings. The van der Waals surface area contributed by atoms with E-state index in [4.69, 9.17) is 0 Å². The molecule has 0 radical (unpaired) electrons. The van der Waals surface area contributed by atoms with E-state index in [1.54, 1.807) is 11.8 Å². The lowest BCUT2D eigenvalue weighted by Gasteiger charge is -2.24. The summed E-state index contributed by atoms with van der Waals surface area (Å²) < 4.78 is 0. The fraction of sp³-hybridized carbons (Fsp3) is 0.550. The molecule has 2 heterocycles. The minimum Gasteiger partial charge on any atom is -0.481 e. The van der Waals surface area contributed by atoms with Gasteiger partial charge in [-0.1, -0.05) is 17.7 Å². The molecule has 2 aliphatic heterocycles. The third kappa shape index (κ3) is 3.50. The number of carbonyl (C=O) groups excluding carboxylic acids is 2. The smallest absolute Gasteiger partial charge is 0.318 e. The van der Waals surface area contributed by atoms with E-state index < -0.39 is 17.4 Å². The highest BCUT2D eigenvalue weighted by molar-refractivity contribution is 6.02. The van der Waals surface area contributed by atoms with Crippen LogP contribution in [0.2, 0.25) is 0 Å². The Kier molecular flexibility index (Phi) is 4.88. The molecule has 0 aromatic heterocycles. The molecule has 0 saturated carbocycles. The number of aliphatic carboxylic acids is 1. The van der Waals surface area contributed by atoms with Gasteiger partial charge in [0, 0.05) is 25.3 Å². The largest absolute Gasteiger partial charge is 0.481 e. The lowest BCUT2D eigenvalue weighted by atomic mass is 9.90. The summed E-state index contributed by atoms with van der Waals surface area (Å²) in [5, 5.41) is 12.1. The van der Waals surface area contributed by atoms with Gasteiger partial charge in [0.25, 0.3) is 0 Å². The molecule has 2 atom stereocenters. The Bertz CT molecular complexity index is 783. The van der Waals surface area contributed by atoms with Crippen molar-refractivity contribution >= 4 is 23.6 Å². The molecule has 3 amide bonds. The van der Waals surface area contributed by atoms with Gasteiger partial charge in [-0.05, 0) is 51.7 Å². The standard InChI is InChI=1S/C20H27N3O4/c1-12-9-13(2)16(14(3)10-12)23-7-5-15(17(23)24)21-19(27)22-8-6-20(4,11-22)18(25)26/h9-10,15H,5-8,11H2,1-4H3,(H,21,27)(H,25,26). The minimum absolute atomic E-state index is 0.112. The van der Waals surface area contributed by atoms with Crippen molar-refractivity contribution in [3.63, 3.8) is 0 Å². The molecule has 27 heavy (non-hydrogen) atoms. The fourth-order valence-electron chi connectivity index (χ4n) is 4.18. The fourth-order valence-corrected chi connectivity index (χ4v) is 4.18. The lowest BCUT2D eigenvalue weighted by Crippen LogP contribution is -2.48. The van der Waals surface area contributed by atoms with Gasteiger partial charge in [0.15, 0.2) is 0 Å². The molecule has 146 valence electrons. The number of nitrogens with one attached hydrogen (secondary N) is 1. The van der Waals surface area contributed by atoms with Crippen LogP contribution in [0.4, 0.5) is 10.5 Å². The van der Waals surface area contributed by atoms with E-state index in [1.807, 2.05) is 20.8 Å². The maximum Gasteiger partial charge on any atom is 0.318 e. The van der Waals surface area contributed by atoms with Crippen molar-refractivity contribution in [1.29, 1.82) is 0 Å². The highest BCUT2D eigenvalue weighted by atomic mass is 16.4. The summed E-state index contributed by atoms with van der Waals surface area (Å²) in [7, 11) is 0. The second-order valence-electron chi connectivity index (χ2n) is 8.07. The second-order valence-corrected chi connectivity index (χ2v) is 8.07. The summed E-state index contributed by atoms with van der Waals surface area (Å²) in [5.74, 6) is -1.01. The monoisotopic (exact) mass is 373 g/mol. The summed E-state index contributed by atoms with van der Waals surface area (Å²) in [4.78, 5) is 40.0. The van der Waals surface area contributed by atoms with Crippen LogP contribution in [-0.4, -0.2) is 53.6 Å². The van der Waals surface area contributed by atoms with Gasteiger partial charge in [0.1, 0.15) is 6.04 Å². The van der Waals surface area contributed by atoms with E-state index in [0.717, 1.165) is 22.4 Å². The molecule has 0 spiro atoms. The van der Waals surface area contributed by atoms with Crippen LogP contribution in [0.3, 0.4) is 0 Å². The molecule has 2 aliphatic rings. The second kappa shape index (κ2) is 6.87. The van der Waals surface area contributed by atoms with Gasteiger partial charge >= 0.3 is 12.0 Å². The Balaban J connectivity index is 1.68. The molecule has 1 aromatic rings. The van der Waals surface area contributed by atoms with Crippen LogP contribution in [0, 0.1) is 26.2 Å². The van der Waals surface area contributed by atoms with Gasteiger partial charge < -0.3 is 20.2 Å². The van der Waals surface area contributed by atoms with Gasteiger partial charge in [-0.3, -0.25) is 9.59 Å². The maximum absolute atomic E-state index is 12.9. The number of benzene rings is 1. The molecule has 1 aromatic carbocycles. The number of aryl methyl sites for hydroxylation is 3. The first-order chi connectivity index (χ1) is 12.6. The highest BCUT2D eigenvalue weighted by Crippen LogP contribution is 2.32. The van der Waals surface area contributed by atoms with Crippen LogP contribution in [-0.2, 0) is 9.59 Å². The van der Waals surface area contributed by atoms with Gasteiger partial charge in [0.05, 0.1) is 5.41 Å². The van der Waals surface area contributed by atoms with Crippen molar-refractivity contribution < 1.29 is 19.5 Å². The summed E-state index contributed by atoms with van der Waals surface area (Å²) in [6.45, 7) is 8.76. The summed E-state index contributed by atoms with van der Waals surface area (Å²) in [5.41, 5.74) is 3.25. The first-order valence-corrected chi connectivity index (χ1v) is 9.30. The Morgan fingerprint density at radius 2 is 1.81 bits per heavy atom. The Labute approximate surface area is 159 Å². The molecule has 2 N–H and O–H groups in total. The van der Waals surface area contributed by atoms with Crippen molar-refractivity contribution in [2.75, 3.05) is 24.5 Å². The van der Waals surface area contributed by atoms with Crippen LogP contribution in [0.15, 0.2) is 12.1 Å². The normalized spacial score (nSPS) is 25.2. The molecule has 2 unspecified atom stereocenters. The van der Waals surface area contributed by atoms with Crippen LogP contribution in [0.25, 0.3) is 0 Å². The van der Waals surface area contributed by atoms with Gasteiger partial charge in [0.2, 0.25) is 5.91 Å². The molecule has 7 nitrogen and oxygen atoms in total. The summed E-state index contributed by atoms with van der Waals surface area (Å²) in [6.07, 6.45) is 0.962. The average molecular weight is 373 g/mol. The van der Waals surface area contributed by atoms with Crippen molar-refractivity contribution in [1.82, 2.24) is 10.2 Å². The number of rotatable bonds is 3. The number of carbonyl (C=O) groups is 3. The first kappa shape index (κ1) is 19.2. The van der Waals surface area contributed by atoms with Crippen molar-refractivity contribution in [3.05, 3.63) is 28.8 Å². The summed E-state index contributed by atoms with van der Waals surface area (Å²) in [6, 6.07) is 3.17. The molecule has 0 bridgehead atoms. The zero-order valence-electron chi connectivity index (χ0n) is 16.3. The number of anilines is 1. The number of hydrogen-bond acceptors (Lipinski definition) is 3. The number of hydrogen-bond donors (Lipinski definition) is 2. The molecule has 3 rings (SSSR count). The Morgan fingerprint density at radius 3 is 2.37 bits per heavy atom. The van der Waals surface area contributed by atoms with Gasteiger partial charge in [-0.15, -0.1) is 0 Å². The first-order valence-electron chi connectivity index (χ1n) is 9.30. The quantitative estimate of drug-likeness (QED) is 0.850. The van der Waals surface area contributed by atoms with Crippen LogP contribution in [0.5, 0.6) is 0 Å². The van der Waals surface area contributed by atoms with E-state index in [2.05, 4.69) is 17.4 Å². The zero-order chi connectivity index (χ0) is 19.9. The van der Waals surface area contributed by atoms with Crippen LogP contribution < -0.4 is 10.2 Å². The highest BCUT2D eigenvalue weighted by Gasteiger charge is 2.43. The van der Waals surface area contributed by atoms with Gasteiger partial charge in [-0.2, -0.15) is 0 Å². The third-order valence-electron chi connectivity index (χ3n) is 5.69. The van der Waals surface area contributed by atoms with Crippen molar-refractivity contribution in [2.24, 2.45) is 5.41 Å². The molecule has 7 heteroatoms. The van der Waals surface area contributed by atoms with E-state index >= 15 is 0 Å². The van der Waals surface area contributed by atoms with Crippen LogP contribution >= 0.6 is 0 Å². The Hall–Kier alpha value is -2.57. The average Bonchev–Trinajstić information content (AvgIpc) is 3.13. The lowest BCUT2D eigenvalue weighted by molar-refractivity contribution is -0.147.